The summed E-state index contributed by atoms with van der Waals surface area (Å²) in [6.07, 6.45) is 0. The molecular formula is C7H12ClNO. The summed E-state index contributed by atoms with van der Waals surface area (Å²) in [7, 11) is 0. The van der Waals surface area contributed by atoms with Crippen molar-refractivity contribution in [1.82, 2.24) is 4.90 Å². The second-order valence-corrected chi connectivity index (χ2v) is 3.44. The van der Waals surface area contributed by atoms with Gasteiger partial charge in [0.1, 0.15) is 0 Å². The van der Waals surface area contributed by atoms with Gasteiger partial charge >= 0.3 is 5.37 Å². The van der Waals surface area contributed by atoms with Crippen molar-refractivity contribution in [2.75, 3.05) is 13.1 Å². The summed E-state index contributed by atoms with van der Waals surface area (Å²) in [6, 6.07) is 0. The minimum atomic E-state index is -0.309. The predicted molar refractivity (Wildman–Crippen MR) is 41.2 cm³/mol. The fraction of sp³-hybridized carbons (Fsp3) is 0.857. The first-order chi connectivity index (χ1) is 4.61. The molecule has 0 aliphatic carbocycles. The topological polar surface area (TPSA) is 20.3 Å². The van der Waals surface area contributed by atoms with Crippen molar-refractivity contribution in [3.8, 4) is 0 Å². The van der Waals surface area contributed by atoms with E-state index in [0.29, 0.717) is 11.8 Å². The first-order valence-corrected chi connectivity index (χ1v) is 3.93. The van der Waals surface area contributed by atoms with Gasteiger partial charge in [-0.3, -0.25) is 4.79 Å². The molecule has 0 radical (unpaired) electrons. The highest BCUT2D eigenvalue weighted by molar-refractivity contribution is 6.62. The quantitative estimate of drug-likeness (QED) is 0.393. The predicted octanol–water partition coefficient (Wildman–Crippen LogP) is 1.93. The molecule has 3 heteroatoms. The molecule has 1 aliphatic heterocycles. The first kappa shape index (κ1) is 7.86. The number of rotatable bonds is 0. The Labute approximate surface area is 66.1 Å². The SMILES string of the molecule is CC1CN(C(=O)Cl)CC1C. The molecule has 0 aromatic rings. The van der Waals surface area contributed by atoms with Gasteiger partial charge in [0.05, 0.1) is 0 Å². The number of hydrogen-bond donors (Lipinski definition) is 0. The van der Waals surface area contributed by atoms with Crippen molar-refractivity contribution < 1.29 is 4.79 Å². The maximum atomic E-state index is 10.6. The molecule has 0 spiro atoms. The van der Waals surface area contributed by atoms with Crippen LogP contribution in [0.4, 0.5) is 4.79 Å². The van der Waals surface area contributed by atoms with Crippen LogP contribution in [-0.2, 0) is 0 Å². The Kier molecular flexibility index (Phi) is 2.19. The summed E-state index contributed by atoms with van der Waals surface area (Å²) < 4.78 is 0. The highest BCUT2D eigenvalue weighted by atomic mass is 35.5. The zero-order valence-electron chi connectivity index (χ0n) is 6.30. The smallest absolute Gasteiger partial charge is 0.316 e. The van der Waals surface area contributed by atoms with E-state index in [0.717, 1.165) is 13.1 Å². The van der Waals surface area contributed by atoms with E-state index < -0.39 is 0 Å². The Hall–Kier alpha value is -0.240. The van der Waals surface area contributed by atoms with Gasteiger partial charge in [-0.25, -0.2) is 0 Å². The molecular weight excluding hydrogens is 150 g/mol. The van der Waals surface area contributed by atoms with E-state index in [1.807, 2.05) is 0 Å². The van der Waals surface area contributed by atoms with Crippen molar-refractivity contribution in [3.63, 3.8) is 0 Å². The molecule has 58 valence electrons. The van der Waals surface area contributed by atoms with Crippen LogP contribution in [0.3, 0.4) is 0 Å². The standard InChI is InChI=1S/C7H12ClNO/c1-5-3-9(7(8)10)4-6(5)2/h5-6H,3-4H2,1-2H3. The van der Waals surface area contributed by atoms with Crippen LogP contribution >= 0.6 is 11.6 Å². The van der Waals surface area contributed by atoms with Crippen LogP contribution in [-0.4, -0.2) is 23.4 Å². The summed E-state index contributed by atoms with van der Waals surface area (Å²) in [6.45, 7) is 5.93. The van der Waals surface area contributed by atoms with Crippen LogP contribution in [0.15, 0.2) is 0 Å². The Morgan fingerprint density at radius 1 is 1.40 bits per heavy atom. The van der Waals surface area contributed by atoms with Crippen molar-refractivity contribution in [2.45, 2.75) is 13.8 Å². The Balaban J connectivity index is 2.49. The number of likely N-dealkylation sites (tertiary alicyclic amines) is 1. The van der Waals surface area contributed by atoms with Crippen LogP contribution in [0.5, 0.6) is 0 Å². The minimum Gasteiger partial charge on any atom is -0.329 e. The number of carbonyl (C=O) groups excluding carboxylic acids is 1. The van der Waals surface area contributed by atoms with Crippen molar-refractivity contribution >= 4 is 17.0 Å². The van der Waals surface area contributed by atoms with E-state index >= 15 is 0 Å². The van der Waals surface area contributed by atoms with Crippen LogP contribution in [0.2, 0.25) is 0 Å². The lowest BCUT2D eigenvalue weighted by Gasteiger charge is -2.09. The van der Waals surface area contributed by atoms with Gasteiger partial charge in [-0.15, -0.1) is 0 Å². The number of halogens is 1. The third-order valence-corrected chi connectivity index (χ3v) is 2.48. The average molecular weight is 162 g/mol. The Morgan fingerprint density at radius 2 is 1.80 bits per heavy atom. The molecule has 2 atom stereocenters. The second kappa shape index (κ2) is 2.79. The van der Waals surface area contributed by atoms with Gasteiger partial charge in [0.15, 0.2) is 0 Å². The molecule has 0 bridgehead atoms. The van der Waals surface area contributed by atoms with Gasteiger partial charge in [0.2, 0.25) is 0 Å². The molecule has 10 heavy (non-hydrogen) atoms. The summed E-state index contributed by atoms with van der Waals surface area (Å²) in [5, 5.41) is -0.309. The summed E-state index contributed by atoms with van der Waals surface area (Å²) in [4.78, 5) is 12.3. The number of nitrogens with zero attached hydrogens (tertiary/aromatic N) is 1. The molecule has 0 N–H and O–H groups in total. The lowest BCUT2D eigenvalue weighted by atomic mass is 10.0. The summed E-state index contributed by atoms with van der Waals surface area (Å²) >= 11 is 5.30. The third kappa shape index (κ3) is 1.43. The monoisotopic (exact) mass is 161 g/mol. The molecule has 1 fully saturated rings. The van der Waals surface area contributed by atoms with E-state index in [1.54, 1.807) is 4.90 Å². The van der Waals surface area contributed by atoms with Crippen LogP contribution in [0.1, 0.15) is 13.8 Å². The number of carbonyl (C=O) groups is 1. The van der Waals surface area contributed by atoms with Gasteiger partial charge in [-0.1, -0.05) is 13.8 Å². The maximum absolute atomic E-state index is 10.6. The normalized spacial score (nSPS) is 32.9. The summed E-state index contributed by atoms with van der Waals surface area (Å²) in [5.41, 5.74) is 0. The number of hydrogen-bond acceptors (Lipinski definition) is 1. The molecule has 1 heterocycles. The molecule has 0 aromatic carbocycles. The fourth-order valence-corrected chi connectivity index (χ4v) is 1.41. The molecule has 2 nitrogen and oxygen atoms in total. The molecule has 0 saturated carbocycles. The van der Waals surface area contributed by atoms with Gasteiger partial charge in [0, 0.05) is 13.1 Å². The number of amides is 1. The average Bonchev–Trinajstić information content (AvgIpc) is 2.13. The molecule has 1 aliphatic rings. The molecule has 0 aromatic heterocycles. The first-order valence-electron chi connectivity index (χ1n) is 3.55. The molecule has 2 unspecified atom stereocenters. The van der Waals surface area contributed by atoms with Crippen molar-refractivity contribution in [2.24, 2.45) is 11.8 Å². The van der Waals surface area contributed by atoms with Gasteiger partial charge in [-0.05, 0) is 23.4 Å². The summed E-state index contributed by atoms with van der Waals surface area (Å²) in [5.74, 6) is 1.20. The molecule has 1 rings (SSSR count). The largest absolute Gasteiger partial charge is 0.329 e. The lowest BCUT2D eigenvalue weighted by Crippen LogP contribution is -2.22. The zero-order valence-corrected chi connectivity index (χ0v) is 7.06. The van der Waals surface area contributed by atoms with Crippen LogP contribution in [0.25, 0.3) is 0 Å². The van der Waals surface area contributed by atoms with E-state index in [2.05, 4.69) is 13.8 Å². The van der Waals surface area contributed by atoms with Crippen LogP contribution < -0.4 is 0 Å². The highest BCUT2D eigenvalue weighted by Crippen LogP contribution is 2.22. The zero-order chi connectivity index (χ0) is 7.72. The van der Waals surface area contributed by atoms with Crippen molar-refractivity contribution in [1.29, 1.82) is 0 Å². The Morgan fingerprint density at radius 3 is 2.00 bits per heavy atom. The second-order valence-electron chi connectivity index (χ2n) is 3.11. The van der Waals surface area contributed by atoms with Gasteiger partial charge < -0.3 is 4.90 Å². The van der Waals surface area contributed by atoms with E-state index in [9.17, 15) is 4.79 Å². The minimum absolute atomic E-state index is 0.309. The van der Waals surface area contributed by atoms with E-state index in [4.69, 9.17) is 11.6 Å². The molecule has 1 saturated heterocycles. The maximum Gasteiger partial charge on any atom is 0.316 e. The third-order valence-electron chi connectivity index (χ3n) is 2.24. The van der Waals surface area contributed by atoms with Crippen LogP contribution in [0, 0.1) is 11.8 Å². The lowest BCUT2D eigenvalue weighted by molar-refractivity contribution is 0.230. The van der Waals surface area contributed by atoms with Gasteiger partial charge in [0.25, 0.3) is 0 Å². The molecule has 1 amide bonds. The highest BCUT2D eigenvalue weighted by Gasteiger charge is 2.28. The Bertz CT molecular complexity index is 139. The fourth-order valence-electron chi connectivity index (χ4n) is 1.27. The van der Waals surface area contributed by atoms with E-state index in [1.165, 1.54) is 0 Å². The van der Waals surface area contributed by atoms with Gasteiger partial charge in [-0.2, -0.15) is 0 Å². The van der Waals surface area contributed by atoms with Crippen molar-refractivity contribution in [3.05, 3.63) is 0 Å². The van der Waals surface area contributed by atoms with E-state index in [-0.39, 0.29) is 5.37 Å².